The van der Waals surface area contributed by atoms with Crippen molar-refractivity contribution in [2.75, 3.05) is 11.9 Å². The number of thiophene rings is 1. The molecule has 2 N–H and O–H groups in total. The number of nitrogens with zero attached hydrogens (tertiary/aromatic N) is 4. The molecule has 4 rings (SSSR count). The minimum atomic E-state index is 0.319. The smallest absolute Gasteiger partial charge is 0.270 e. The molecule has 2 aromatic heterocycles. The van der Waals surface area contributed by atoms with Crippen LogP contribution >= 0.6 is 23.6 Å². The normalized spacial score (nSPS) is 25.0. The zero-order chi connectivity index (χ0) is 19.7. The number of anilines is 1. The van der Waals surface area contributed by atoms with Crippen molar-refractivity contribution in [3.63, 3.8) is 0 Å². The summed E-state index contributed by atoms with van der Waals surface area (Å²) in [7, 11) is 2.27. The number of thiocarbonyl (C=S) groups is 1. The SMILES string of the molecule is CCCCc1noc(-c2sccc2N(C(N)=S)C2CC3CCCC(C2)N3C)n1. The molecule has 152 valence electrons. The van der Waals surface area contributed by atoms with E-state index in [1.165, 1.54) is 19.3 Å². The average molecular weight is 420 g/mol. The molecule has 0 spiro atoms. The Hall–Kier alpha value is -1.51. The standard InChI is InChI=1S/C20H29N5OS2/c1-3-4-8-17-22-19(26-23-17)18-16(9-10-28-18)25(20(21)27)15-11-13-6-5-7-14(12-15)24(13)2/h9-10,13-15H,3-8,11-12H2,1-2H3,(H2,21,27). The van der Waals surface area contributed by atoms with Crippen LogP contribution in [0.25, 0.3) is 10.8 Å². The van der Waals surface area contributed by atoms with Crippen molar-refractivity contribution < 1.29 is 4.52 Å². The molecule has 0 radical (unpaired) electrons. The summed E-state index contributed by atoms with van der Waals surface area (Å²) in [5.74, 6) is 1.34. The molecule has 0 aromatic carbocycles. The number of rotatable bonds is 6. The van der Waals surface area contributed by atoms with Crippen LogP contribution in [0.15, 0.2) is 16.0 Å². The minimum absolute atomic E-state index is 0.319. The molecule has 4 heterocycles. The molecule has 0 amide bonds. The molecule has 2 atom stereocenters. The van der Waals surface area contributed by atoms with Gasteiger partial charge in [0, 0.05) is 24.5 Å². The number of aromatic nitrogens is 2. The van der Waals surface area contributed by atoms with Crippen molar-refractivity contribution in [2.45, 2.75) is 76.4 Å². The average Bonchev–Trinajstić information content (AvgIpc) is 3.30. The van der Waals surface area contributed by atoms with Gasteiger partial charge >= 0.3 is 0 Å². The van der Waals surface area contributed by atoms with E-state index >= 15 is 0 Å². The summed E-state index contributed by atoms with van der Waals surface area (Å²) in [6.45, 7) is 2.16. The third kappa shape index (κ3) is 3.82. The van der Waals surface area contributed by atoms with Crippen molar-refractivity contribution in [2.24, 2.45) is 5.73 Å². The topological polar surface area (TPSA) is 71.4 Å². The van der Waals surface area contributed by atoms with Crippen LogP contribution in [0.3, 0.4) is 0 Å². The van der Waals surface area contributed by atoms with Gasteiger partial charge in [-0.2, -0.15) is 4.98 Å². The van der Waals surface area contributed by atoms with Crippen molar-refractivity contribution in [1.29, 1.82) is 0 Å². The predicted octanol–water partition coefficient (Wildman–Crippen LogP) is 4.21. The summed E-state index contributed by atoms with van der Waals surface area (Å²) >= 11 is 7.11. The summed E-state index contributed by atoms with van der Waals surface area (Å²) in [5.41, 5.74) is 7.25. The van der Waals surface area contributed by atoms with Crippen LogP contribution < -0.4 is 10.6 Å². The maximum atomic E-state index is 6.24. The molecule has 2 aliphatic heterocycles. The summed E-state index contributed by atoms with van der Waals surface area (Å²) in [4.78, 5) is 10.3. The first-order chi connectivity index (χ1) is 13.6. The Balaban J connectivity index is 1.61. The number of piperidine rings is 2. The molecule has 2 unspecified atom stereocenters. The predicted molar refractivity (Wildman–Crippen MR) is 118 cm³/mol. The second-order valence-electron chi connectivity index (χ2n) is 7.99. The van der Waals surface area contributed by atoms with Gasteiger partial charge < -0.3 is 20.1 Å². The van der Waals surface area contributed by atoms with Crippen LogP contribution in [0, 0.1) is 0 Å². The quantitative estimate of drug-likeness (QED) is 0.703. The highest BCUT2D eigenvalue weighted by Crippen LogP contribution is 2.41. The molecule has 2 aliphatic rings. The van der Waals surface area contributed by atoms with Crippen LogP contribution in [0.2, 0.25) is 0 Å². The lowest BCUT2D eigenvalue weighted by Gasteiger charge is -2.49. The second kappa shape index (κ2) is 8.47. The number of hydrogen-bond acceptors (Lipinski definition) is 6. The third-order valence-electron chi connectivity index (χ3n) is 6.24. The maximum absolute atomic E-state index is 6.24. The zero-order valence-corrected chi connectivity index (χ0v) is 18.3. The fourth-order valence-corrected chi connectivity index (χ4v) is 5.78. The molecule has 2 bridgehead atoms. The van der Waals surface area contributed by atoms with E-state index in [9.17, 15) is 0 Å². The van der Waals surface area contributed by atoms with Crippen LogP contribution in [0.5, 0.6) is 0 Å². The lowest BCUT2D eigenvalue weighted by atomic mass is 9.81. The molecular formula is C20H29N5OS2. The summed E-state index contributed by atoms with van der Waals surface area (Å²) in [6, 6.07) is 3.63. The van der Waals surface area contributed by atoms with Gasteiger partial charge in [0.05, 0.1) is 5.69 Å². The molecule has 2 aromatic rings. The summed E-state index contributed by atoms with van der Waals surface area (Å²) in [6.07, 6.45) is 9.04. The molecule has 6 nitrogen and oxygen atoms in total. The fraction of sp³-hybridized carbons (Fsp3) is 0.650. The Morgan fingerprint density at radius 1 is 1.39 bits per heavy atom. The van der Waals surface area contributed by atoms with Gasteiger partial charge in [0.2, 0.25) is 0 Å². The highest BCUT2D eigenvalue weighted by Gasteiger charge is 2.39. The van der Waals surface area contributed by atoms with E-state index in [4.69, 9.17) is 22.5 Å². The fourth-order valence-electron chi connectivity index (χ4n) is 4.73. The first-order valence-corrected chi connectivity index (χ1v) is 11.6. The van der Waals surface area contributed by atoms with E-state index < -0.39 is 0 Å². The molecule has 28 heavy (non-hydrogen) atoms. The number of fused-ring (bicyclic) bond motifs is 2. The van der Waals surface area contributed by atoms with E-state index in [-0.39, 0.29) is 0 Å². The van der Waals surface area contributed by atoms with Crippen LogP contribution in [-0.2, 0) is 6.42 Å². The van der Waals surface area contributed by atoms with Gasteiger partial charge in [-0.1, -0.05) is 24.9 Å². The Bertz CT molecular complexity index is 805. The first-order valence-electron chi connectivity index (χ1n) is 10.3. The Morgan fingerprint density at radius 3 is 2.82 bits per heavy atom. The Labute approximate surface area is 176 Å². The van der Waals surface area contributed by atoms with Gasteiger partial charge in [0.15, 0.2) is 10.9 Å². The lowest BCUT2D eigenvalue weighted by Crippen LogP contribution is -2.57. The molecule has 0 aliphatic carbocycles. The van der Waals surface area contributed by atoms with Crippen LogP contribution in [-0.4, -0.2) is 45.3 Å². The second-order valence-corrected chi connectivity index (χ2v) is 9.33. The number of nitrogens with two attached hydrogens (primary N) is 1. The number of aryl methyl sites for hydroxylation is 1. The van der Waals surface area contributed by atoms with E-state index in [0.29, 0.717) is 29.1 Å². The minimum Gasteiger partial charge on any atom is -0.376 e. The molecule has 0 saturated carbocycles. The zero-order valence-electron chi connectivity index (χ0n) is 16.6. The highest BCUT2D eigenvalue weighted by atomic mass is 32.1. The van der Waals surface area contributed by atoms with E-state index in [1.807, 2.05) is 0 Å². The molecule has 8 heteroatoms. The lowest BCUT2D eigenvalue weighted by molar-refractivity contribution is 0.0575. The van der Waals surface area contributed by atoms with Gasteiger partial charge in [-0.25, -0.2) is 0 Å². The van der Waals surface area contributed by atoms with Gasteiger partial charge in [0.1, 0.15) is 4.88 Å². The first kappa shape index (κ1) is 19.8. The van der Waals surface area contributed by atoms with Crippen molar-refractivity contribution in [3.8, 4) is 10.8 Å². The van der Waals surface area contributed by atoms with E-state index in [0.717, 1.165) is 48.5 Å². The van der Waals surface area contributed by atoms with Gasteiger partial charge in [-0.05, 0) is 62.8 Å². The van der Waals surface area contributed by atoms with Gasteiger partial charge in [-0.15, -0.1) is 11.3 Å². The summed E-state index contributed by atoms with van der Waals surface area (Å²) < 4.78 is 5.59. The van der Waals surface area contributed by atoms with Crippen LogP contribution in [0.4, 0.5) is 5.69 Å². The number of hydrogen-bond donors (Lipinski definition) is 1. The molecule has 2 fully saturated rings. The van der Waals surface area contributed by atoms with Crippen molar-refractivity contribution in [1.82, 2.24) is 15.0 Å². The largest absolute Gasteiger partial charge is 0.376 e. The monoisotopic (exact) mass is 419 g/mol. The maximum Gasteiger partial charge on any atom is 0.270 e. The third-order valence-corrected chi connectivity index (χ3v) is 7.33. The van der Waals surface area contributed by atoms with E-state index in [2.05, 4.69) is 45.4 Å². The van der Waals surface area contributed by atoms with Crippen molar-refractivity contribution in [3.05, 3.63) is 17.3 Å². The van der Waals surface area contributed by atoms with E-state index in [1.54, 1.807) is 11.3 Å². The molecule has 2 saturated heterocycles. The van der Waals surface area contributed by atoms with Crippen molar-refractivity contribution >= 4 is 34.4 Å². The Morgan fingerprint density at radius 2 is 2.14 bits per heavy atom. The number of unbranched alkanes of at least 4 members (excludes halogenated alkanes) is 1. The van der Waals surface area contributed by atoms with Gasteiger partial charge in [0.25, 0.3) is 5.89 Å². The highest BCUT2D eigenvalue weighted by molar-refractivity contribution is 7.80. The molecular weight excluding hydrogens is 390 g/mol. The summed E-state index contributed by atoms with van der Waals surface area (Å²) in [5, 5.41) is 6.64. The van der Waals surface area contributed by atoms with Crippen LogP contribution in [0.1, 0.15) is 57.7 Å². The van der Waals surface area contributed by atoms with Gasteiger partial charge in [-0.3, -0.25) is 0 Å². The Kier molecular flexibility index (Phi) is 5.99.